The number of rotatable bonds is 5. The summed E-state index contributed by atoms with van der Waals surface area (Å²) in [5, 5.41) is 7.88. The molecule has 0 aromatic carbocycles. The molecule has 0 radical (unpaired) electrons. The van der Waals surface area contributed by atoms with Crippen molar-refractivity contribution in [3.63, 3.8) is 0 Å². The smallest absolute Gasteiger partial charge is 0.0794 e. The highest BCUT2D eigenvalue weighted by atomic mass is 32.1. The van der Waals surface area contributed by atoms with Gasteiger partial charge in [-0.3, -0.25) is 10.3 Å². The Kier molecular flexibility index (Phi) is 3.85. The first-order valence-electron chi connectivity index (χ1n) is 5.61. The lowest BCUT2D eigenvalue weighted by atomic mass is 10.2. The van der Waals surface area contributed by atoms with Crippen molar-refractivity contribution in [2.75, 3.05) is 0 Å². The molecule has 0 aliphatic rings. The Labute approximate surface area is 118 Å². The molecular weight excluding hydrogens is 280 g/mol. The summed E-state index contributed by atoms with van der Waals surface area (Å²) in [5.74, 6) is 0. The predicted molar refractivity (Wildman–Crippen MR) is 79.4 cm³/mol. The Balaban J connectivity index is 1.78. The maximum absolute atomic E-state index is 4.11. The highest BCUT2D eigenvalue weighted by Gasteiger charge is 2.15. The van der Waals surface area contributed by atoms with Crippen molar-refractivity contribution in [1.82, 2.24) is 10.3 Å². The zero-order valence-electron chi connectivity index (χ0n) is 9.58. The zero-order valence-corrected chi connectivity index (χ0v) is 12.0. The fourth-order valence-corrected chi connectivity index (χ4v) is 4.04. The minimum atomic E-state index is 0.298. The van der Waals surface area contributed by atoms with Gasteiger partial charge in [0, 0.05) is 27.4 Å². The molecule has 1 N–H and O–H groups in total. The van der Waals surface area contributed by atoms with E-state index in [1.165, 1.54) is 14.6 Å². The SMILES string of the molecule is c1csc(C(NCc2cncs2)c2cccs2)c1. The van der Waals surface area contributed by atoms with Crippen molar-refractivity contribution in [3.8, 4) is 0 Å². The normalized spacial score (nSPS) is 11.2. The predicted octanol–water partition coefficient (Wildman–Crippen LogP) is 4.15. The van der Waals surface area contributed by atoms with Crippen LogP contribution in [0.15, 0.2) is 46.7 Å². The van der Waals surface area contributed by atoms with Crippen LogP contribution in [-0.4, -0.2) is 4.98 Å². The van der Waals surface area contributed by atoms with E-state index in [1.54, 1.807) is 34.0 Å². The maximum Gasteiger partial charge on any atom is 0.0794 e. The second kappa shape index (κ2) is 5.75. The number of thiophene rings is 2. The maximum atomic E-state index is 4.11. The van der Waals surface area contributed by atoms with Crippen LogP contribution in [0.4, 0.5) is 0 Å². The number of nitrogens with one attached hydrogen (secondary N) is 1. The Morgan fingerprint density at radius 3 is 2.28 bits per heavy atom. The number of hydrogen-bond donors (Lipinski definition) is 1. The Morgan fingerprint density at radius 2 is 1.78 bits per heavy atom. The van der Waals surface area contributed by atoms with E-state index in [0.717, 1.165) is 6.54 Å². The molecule has 0 aliphatic heterocycles. The van der Waals surface area contributed by atoms with E-state index in [-0.39, 0.29) is 0 Å². The van der Waals surface area contributed by atoms with E-state index in [1.807, 2.05) is 11.7 Å². The number of thiazole rings is 1. The van der Waals surface area contributed by atoms with E-state index in [0.29, 0.717) is 6.04 Å². The van der Waals surface area contributed by atoms with Crippen LogP contribution in [0.3, 0.4) is 0 Å². The number of hydrogen-bond acceptors (Lipinski definition) is 5. The topological polar surface area (TPSA) is 24.9 Å². The first kappa shape index (κ1) is 12.0. The van der Waals surface area contributed by atoms with E-state index >= 15 is 0 Å². The summed E-state index contributed by atoms with van der Waals surface area (Å²) in [6.45, 7) is 0.866. The average Bonchev–Trinajstić information content (AvgIpc) is 3.14. The van der Waals surface area contributed by atoms with Gasteiger partial charge in [0.25, 0.3) is 0 Å². The van der Waals surface area contributed by atoms with Gasteiger partial charge in [-0.05, 0) is 22.9 Å². The highest BCUT2D eigenvalue weighted by molar-refractivity contribution is 7.11. The van der Waals surface area contributed by atoms with E-state index < -0.39 is 0 Å². The van der Waals surface area contributed by atoms with Crippen molar-refractivity contribution >= 4 is 34.0 Å². The van der Waals surface area contributed by atoms with Crippen LogP contribution in [0, 0.1) is 0 Å². The van der Waals surface area contributed by atoms with Crippen molar-refractivity contribution in [2.24, 2.45) is 0 Å². The molecule has 0 aliphatic carbocycles. The molecule has 3 aromatic rings. The number of aromatic nitrogens is 1. The molecule has 0 atom stereocenters. The highest BCUT2D eigenvalue weighted by Crippen LogP contribution is 2.29. The molecule has 18 heavy (non-hydrogen) atoms. The van der Waals surface area contributed by atoms with Gasteiger partial charge >= 0.3 is 0 Å². The summed E-state index contributed by atoms with van der Waals surface area (Å²) in [4.78, 5) is 8.11. The van der Waals surface area contributed by atoms with Crippen LogP contribution in [-0.2, 0) is 6.54 Å². The lowest BCUT2D eigenvalue weighted by molar-refractivity contribution is 0.626. The summed E-state index contributed by atoms with van der Waals surface area (Å²) in [6.07, 6.45) is 1.93. The Morgan fingerprint density at radius 1 is 1.06 bits per heavy atom. The molecule has 0 bridgehead atoms. The molecule has 0 spiro atoms. The zero-order chi connectivity index (χ0) is 12.2. The first-order chi connectivity index (χ1) is 8.93. The molecular formula is C13H12N2S3. The van der Waals surface area contributed by atoms with Gasteiger partial charge in [-0.15, -0.1) is 34.0 Å². The molecule has 0 amide bonds. The van der Waals surface area contributed by atoms with E-state index in [9.17, 15) is 0 Å². The summed E-state index contributed by atoms with van der Waals surface area (Å²) in [6, 6.07) is 8.89. The van der Waals surface area contributed by atoms with Crippen molar-refractivity contribution in [3.05, 3.63) is 61.4 Å². The largest absolute Gasteiger partial charge is 0.300 e. The molecule has 5 heteroatoms. The fraction of sp³-hybridized carbons (Fsp3) is 0.154. The second-order valence-corrected chi connectivity index (χ2v) is 6.74. The third kappa shape index (κ3) is 2.70. The van der Waals surface area contributed by atoms with E-state index in [2.05, 4.69) is 45.3 Å². The fourth-order valence-electron chi connectivity index (χ4n) is 1.78. The molecule has 3 rings (SSSR count). The third-order valence-electron chi connectivity index (χ3n) is 2.62. The lowest BCUT2D eigenvalue weighted by Crippen LogP contribution is -2.19. The summed E-state index contributed by atoms with van der Waals surface area (Å²) < 4.78 is 0. The molecule has 0 saturated carbocycles. The Hall–Kier alpha value is -1.01. The van der Waals surface area contributed by atoms with Gasteiger partial charge < -0.3 is 0 Å². The van der Waals surface area contributed by atoms with Crippen LogP contribution in [0.2, 0.25) is 0 Å². The summed E-state index contributed by atoms with van der Waals surface area (Å²) in [7, 11) is 0. The monoisotopic (exact) mass is 292 g/mol. The van der Waals surface area contributed by atoms with Gasteiger partial charge in [0.2, 0.25) is 0 Å². The van der Waals surface area contributed by atoms with E-state index in [4.69, 9.17) is 0 Å². The molecule has 0 fully saturated rings. The minimum Gasteiger partial charge on any atom is -0.300 e. The standard InChI is InChI=1S/C13H12N2S3/c1-3-11(16-5-1)13(12-4-2-6-17-12)15-8-10-7-14-9-18-10/h1-7,9,13,15H,8H2. The van der Waals surface area contributed by atoms with Crippen LogP contribution in [0.25, 0.3) is 0 Å². The molecule has 0 unspecified atom stereocenters. The molecule has 3 aromatic heterocycles. The minimum absolute atomic E-state index is 0.298. The second-order valence-electron chi connectivity index (χ2n) is 3.81. The Bertz CT molecular complexity index is 521. The van der Waals surface area contributed by atoms with Gasteiger partial charge in [0.1, 0.15) is 0 Å². The third-order valence-corrected chi connectivity index (χ3v) is 5.27. The van der Waals surface area contributed by atoms with Crippen LogP contribution >= 0.6 is 34.0 Å². The summed E-state index contributed by atoms with van der Waals surface area (Å²) in [5.41, 5.74) is 1.88. The lowest BCUT2D eigenvalue weighted by Gasteiger charge is -2.15. The average molecular weight is 292 g/mol. The van der Waals surface area contributed by atoms with Crippen molar-refractivity contribution in [1.29, 1.82) is 0 Å². The van der Waals surface area contributed by atoms with Gasteiger partial charge in [0.15, 0.2) is 0 Å². The van der Waals surface area contributed by atoms with Gasteiger partial charge in [-0.2, -0.15) is 0 Å². The summed E-state index contributed by atoms with van der Waals surface area (Å²) >= 11 is 5.29. The van der Waals surface area contributed by atoms with Crippen LogP contribution in [0.5, 0.6) is 0 Å². The van der Waals surface area contributed by atoms with Gasteiger partial charge in [0.05, 0.1) is 11.6 Å². The first-order valence-corrected chi connectivity index (χ1v) is 8.25. The quantitative estimate of drug-likeness (QED) is 0.764. The van der Waals surface area contributed by atoms with Crippen molar-refractivity contribution < 1.29 is 0 Å². The molecule has 92 valence electrons. The van der Waals surface area contributed by atoms with Gasteiger partial charge in [-0.25, -0.2) is 0 Å². The molecule has 0 saturated heterocycles. The van der Waals surface area contributed by atoms with Crippen molar-refractivity contribution in [2.45, 2.75) is 12.6 Å². The van der Waals surface area contributed by atoms with Crippen LogP contribution in [0.1, 0.15) is 20.7 Å². The number of nitrogens with zero attached hydrogens (tertiary/aromatic N) is 1. The van der Waals surface area contributed by atoms with Gasteiger partial charge in [-0.1, -0.05) is 12.1 Å². The molecule has 3 heterocycles. The van der Waals surface area contributed by atoms with Crippen LogP contribution < -0.4 is 5.32 Å². The molecule has 2 nitrogen and oxygen atoms in total.